The summed E-state index contributed by atoms with van der Waals surface area (Å²) in [4.78, 5) is 15.6. The molecule has 4 heteroatoms. The molecule has 1 aromatic rings. The molecule has 1 aromatic heterocycles. The van der Waals surface area contributed by atoms with Crippen LogP contribution in [0, 0.1) is 5.41 Å². The molecule has 0 radical (unpaired) electrons. The Morgan fingerprint density at radius 1 is 1.57 bits per heavy atom. The molecular formula is C10H16N2OS. The van der Waals surface area contributed by atoms with E-state index in [2.05, 4.69) is 10.3 Å². The van der Waals surface area contributed by atoms with E-state index in [1.807, 2.05) is 26.2 Å². The molecule has 0 aliphatic carbocycles. The third-order valence-electron chi connectivity index (χ3n) is 1.79. The second-order valence-corrected chi connectivity index (χ2v) is 5.16. The van der Waals surface area contributed by atoms with Crippen LogP contribution in [0.15, 0.2) is 11.6 Å². The highest BCUT2D eigenvalue weighted by molar-refractivity contribution is 7.09. The lowest BCUT2D eigenvalue weighted by molar-refractivity contribution is -0.128. The van der Waals surface area contributed by atoms with Crippen LogP contribution in [0.5, 0.6) is 0 Å². The Balaban J connectivity index is 2.26. The van der Waals surface area contributed by atoms with Crippen LogP contribution < -0.4 is 5.32 Å². The van der Waals surface area contributed by atoms with E-state index in [1.54, 1.807) is 17.5 Å². The van der Waals surface area contributed by atoms with Gasteiger partial charge in [-0.25, -0.2) is 4.98 Å². The molecule has 1 heterocycles. The highest BCUT2D eigenvalue weighted by Crippen LogP contribution is 2.12. The van der Waals surface area contributed by atoms with E-state index in [9.17, 15) is 4.79 Å². The maximum Gasteiger partial charge on any atom is 0.225 e. The van der Waals surface area contributed by atoms with Crippen LogP contribution in [0.1, 0.15) is 25.8 Å². The van der Waals surface area contributed by atoms with Crippen molar-refractivity contribution in [3.05, 3.63) is 16.6 Å². The smallest absolute Gasteiger partial charge is 0.225 e. The molecule has 0 spiro atoms. The molecule has 78 valence electrons. The number of carbonyl (C=O) groups is 1. The van der Waals surface area contributed by atoms with Gasteiger partial charge in [-0.05, 0) is 0 Å². The van der Waals surface area contributed by atoms with Gasteiger partial charge >= 0.3 is 0 Å². The molecule has 0 aliphatic rings. The molecule has 0 aliphatic heterocycles. The topological polar surface area (TPSA) is 42.0 Å². The normalized spacial score (nSPS) is 11.4. The lowest BCUT2D eigenvalue weighted by Crippen LogP contribution is -2.35. The first-order valence-corrected chi connectivity index (χ1v) is 5.55. The van der Waals surface area contributed by atoms with Gasteiger partial charge in [-0.15, -0.1) is 11.3 Å². The number of aromatic nitrogens is 1. The largest absolute Gasteiger partial charge is 0.355 e. The van der Waals surface area contributed by atoms with Gasteiger partial charge in [0.1, 0.15) is 0 Å². The standard InChI is InChI=1S/C10H16N2OS/c1-10(2,3)9(13)12-5-4-8-11-6-7-14-8/h6-7H,4-5H2,1-3H3,(H,12,13). The highest BCUT2D eigenvalue weighted by atomic mass is 32.1. The van der Waals surface area contributed by atoms with Gasteiger partial charge in [0.05, 0.1) is 5.01 Å². The van der Waals surface area contributed by atoms with Crippen LogP contribution >= 0.6 is 11.3 Å². The minimum absolute atomic E-state index is 0.0917. The SMILES string of the molecule is CC(C)(C)C(=O)NCCc1nccs1. The fourth-order valence-corrected chi connectivity index (χ4v) is 1.54. The minimum Gasteiger partial charge on any atom is -0.355 e. The number of hydrogen-bond donors (Lipinski definition) is 1. The maximum atomic E-state index is 11.5. The average Bonchev–Trinajstić information content (AvgIpc) is 2.55. The lowest BCUT2D eigenvalue weighted by atomic mass is 9.96. The number of rotatable bonds is 3. The number of carbonyl (C=O) groups excluding carboxylic acids is 1. The fourth-order valence-electron chi connectivity index (χ4n) is 0.925. The number of hydrogen-bond acceptors (Lipinski definition) is 3. The molecule has 1 rings (SSSR count). The Kier molecular flexibility index (Phi) is 3.63. The number of thiazole rings is 1. The molecule has 3 nitrogen and oxygen atoms in total. The van der Waals surface area contributed by atoms with Gasteiger partial charge in [-0.3, -0.25) is 4.79 Å². The molecule has 1 N–H and O–H groups in total. The van der Waals surface area contributed by atoms with Crippen molar-refractivity contribution in [3.63, 3.8) is 0 Å². The third kappa shape index (κ3) is 3.46. The van der Waals surface area contributed by atoms with Crippen LogP contribution in [0.25, 0.3) is 0 Å². The van der Waals surface area contributed by atoms with E-state index in [1.165, 1.54) is 0 Å². The molecule has 1 amide bonds. The van der Waals surface area contributed by atoms with Crippen molar-refractivity contribution in [1.29, 1.82) is 0 Å². The summed E-state index contributed by atoms with van der Waals surface area (Å²) in [5.41, 5.74) is -0.303. The molecule has 0 atom stereocenters. The van der Waals surface area contributed by atoms with Gasteiger partial charge in [-0.2, -0.15) is 0 Å². The van der Waals surface area contributed by atoms with Gasteiger partial charge < -0.3 is 5.32 Å². The summed E-state index contributed by atoms with van der Waals surface area (Å²) < 4.78 is 0. The molecule has 0 saturated heterocycles. The Morgan fingerprint density at radius 3 is 2.79 bits per heavy atom. The number of amides is 1. The lowest BCUT2D eigenvalue weighted by Gasteiger charge is -2.17. The third-order valence-corrected chi connectivity index (χ3v) is 2.63. The predicted molar refractivity (Wildman–Crippen MR) is 58.3 cm³/mol. The van der Waals surface area contributed by atoms with Crippen LogP contribution in [0.2, 0.25) is 0 Å². The molecule has 0 aromatic carbocycles. The van der Waals surface area contributed by atoms with Gasteiger partial charge in [-0.1, -0.05) is 20.8 Å². The van der Waals surface area contributed by atoms with Crippen LogP contribution in [0.4, 0.5) is 0 Å². The summed E-state index contributed by atoms with van der Waals surface area (Å²) in [6.07, 6.45) is 2.60. The maximum absolute atomic E-state index is 11.5. The molecule has 14 heavy (non-hydrogen) atoms. The zero-order valence-corrected chi connectivity index (χ0v) is 9.65. The van der Waals surface area contributed by atoms with Gasteiger partial charge in [0, 0.05) is 30.0 Å². The molecular weight excluding hydrogens is 196 g/mol. The van der Waals surface area contributed by atoms with Crippen LogP contribution in [-0.4, -0.2) is 17.4 Å². The van der Waals surface area contributed by atoms with Crippen molar-refractivity contribution in [2.24, 2.45) is 5.41 Å². The van der Waals surface area contributed by atoms with E-state index in [0.717, 1.165) is 11.4 Å². The Hall–Kier alpha value is -0.900. The monoisotopic (exact) mass is 212 g/mol. The van der Waals surface area contributed by atoms with E-state index < -0.39 is 0 Å². The minimum atomic E-state index is -0.303. The summed E-state index contributed by atoms with van der Waals surface area (Å²) in [5.74, 6) is 0.0917. The van der Waals surface area contributed by atoms with E-state index in [-0.39, 0.29) is 11.3 Å². The van der Waals surface area contributed by atoms with E-state index in [0.29, 0.717) is 6.54 Å². The Labute approximate surface area is 88.6 Å². The first-order chi connectivity index (χ1) is 6.50. The van der Waals surface area contributed by atoms with E-state index in [4.69, 9.17) is 0 Å². The zero-order valence-electron chi connectivity index (χ0n) is 8.83. The first kappa shape index (κ1) is 11.2. The fraction of sp³-hybridized carbons (Fsp3) is 0.600. The number of nitrogens with one attached hydrogen (secondary N) is 1. The summed E-state index contributed by atoms with van der Waals surface area (Å²) >= 11 is 1.62. The summed E-state index contributed by atoms with van der Waals surface area (Å²) in [7, 11) is 0. The van der Waals surface area contributed by atoms with Crippen LogP contribution in [0.3, 0.4) is 0 Å². The summed E-state index contributed by atoms with van der Waals surface area (Å²) in [6.45, 7) is 6.40. The van der Waals surface area contributed by atoms with Crippen molar-refractivity contribution in [1.82, 2.24) is 10.3 Å². The molecule has 0 saturated carbocycles. The highest BCUT2D eigenvalue weighted by Gasteiger charge is 2.20. The van der Waals surface area contributed by atoms with Gasteiger partial charge in [0.25, 0.3) is 0 Å². The van der Waals surface area contributed by atoms with E-state index >= 15 is 0 Å². The predicted octanol–water partition coefficient (Wildman–Crippen LogP) is 1.85. The van der Waals surface area contributed by atoms with Crippen molar-refractivity contribution < 1.29 is 4.79 Å². The first-order valence-electron chi connectivity index (χ1n) is 4.67. The van der Waals surface area contributed by atoms with Crippen molar-refractivity contribution in [2.75, 3.05) is 6.54 Å². The van der Waals surface area contributed by atoms with Crippen LogP contribution in [-0.2, 0) is 11.2 Å². The molecule has 0 fully saturated rings. The summed E-state index contributed by atoms with van der Waals surface area (Å²) in [5, 5.41) is 5.90. The second kappa shape index (κ2) is 4.55. The van der Waals surface area contributed by atoms with Crippen molar-refractivity contribution >= 4 is 17.2 Å². The average molecular weight is 212 g/mol. The Bertz CT molecular complexity index is 288. The second-order valence-electron chi connectivity index (χ2n) is 4.18. The summed E-state index contributed by atoms with van der Waals surface area (Å²) in [6, 6.07) is 0. The zero-order chi connectivity index (χ0) is 10.6. The van der Waals surface area contributed by atoms with Gasteiger partial charge in [0.2, 0.25) is 5.91 Å². The van der Waals surface area contributed by atoms with Crippen molar-refractivity contribution in [2.45, 2.75) is 27.2 Å². The Morgan fingerprint density at radius 2 is 2.29 bits per heavy atom. The quantitative estimate of drug-likeness (QED) is 0.830. The molecule has 0 unspecified atom stereocenters. The molecule has 0 bridgehead atoms. The van der Waals surface area contributed by atoms with Crippen molar-refractivity contribution in [3.8, 4) is 0 Å². The van der Waals surface area contributed by atoms with Gasteiger partial charge in [0.15, 0.2) is 0 Å². The number of nitrogens with zero attached hydrogens (tertiary/aromatic N) is 1.